The summed E-state index contributed by atoms with van der Waals surface area (Å²) >= 11 is 0. The van der Waals surface area contributed by atoms with Gasteiger partial charge >= 0.3 is 23.9 Å². The van der Waals surface area contributed by atoms with Gasteiger partial charge in [-0.1, -0.05) is 33.2 Å². The summed E-state index contributed by atoms with van der Waals surface area (Å²) in [6.07, 6.45) is 4.19. The number of carboxylic acids is 3. The highest BCUT2D eigenvalue weighted by Gasteiger charge is 2.24. The molecule has 0 aromatic heterocycles. The Morgan fingerprint density at radius 1 is 0.767 bits per heavy atom. The molecule has 0 aromatic rings. The van der Waals surface area contributed by atoms with Gasteiger partial charge in [0.2, 0.25) is 0 Å². The van der Waals surface area contributed by atoms with Gasteiger partial charge in [-0.3, -0.25) is 4.79 Å². The van der Waals surface area contributed by atoms with Crippen LogP contribution in [0, 0.1) is 5.41 Å². The zero-order valence-electron chi connectivity index (χ0n) is 17.2. The first-order valence-electron chi connectivity index (χ1n) is 8.00. The molecule has 0 unspecified atom stereocenters. The van der Waals surface area contributed by atoms with Crippen molar-refractivity contribution < 1.29 is 54.6 Å². The van der Waals surface area contributed by atoms with Gasteiger partial charge in [-0.25, -0.2) is 14.4 Å². The summed E-state index contributed by atoms with van der Waals surface area (Å²) in [7, 11) is 0. The molecule has 0 aromatic carbocycles. The summed E-state index contributed by atoms with van der Waals surface area (Å²) in [6.45, 7) is 14.7. The van der Waals surface area contributed by atoms with E-state index >= 15 is 0 Å². The van der Waals surface area contributed by atoms with Gasteiger partial charge in [0.15, 0.2) is 0 Å². The van der Waals surface area contributed by atoms with E-state index in [1.54, 1.807) is 0 Å². The quantitative estimate of drug-likeness (QED) is 0.179. The second-order valence-corrected chi connectivity index (χ2v) is 4.73. The van der Waals surface area contributed by atoms with Crippen LogP contribution < -0.4 is 0 Å². The molecule has 30 heavy (non-hydrogen) atoms. The molecule has 0 saturated heterocycles. The Morgan fingerprint density at radius 3 is 1.00 bits per heavy atom. The topological polar surface area (TPSA) is 199 Å². The van der Waals surface area contributed by atoms with Gasteiger partial charge in [0, 0.05) is 30.6 Å². The highest BCUT2D eigenvalue weighted by Crippen LogP contribution is 2.18. The van der Waals surface area contributed by atoms with Crippen LogP contribution in [-0.4, -0.2) is 74.3 Å². The maximum atomic E-state index is 9.75. The van der Waals surface area contributed by atoms with Crippen molar-refractivity contribution in [3.05, 3.63) is 50.8 Å². The average Bonchev–Trinajstić information content (AvgIpc) is 2.71. The van der Waals surface area contributed by atoms with E-state index in [0.29, 0.717) is 6.42 Å². The molecule has 0 amide bonds. The zero-order valence-corrected chi connectivity index (χ0v) is 17.2. The number of hydrogen-bond donors (Lipinski definition) is 6. The third-order valence-corrected chi connectivity index (χ3v) is 2.53. The minimum Gasteiger partial charge on any atom is -0.478 e. The van der Waals surface area contributed by atoms with Gasteiger partial charge in [0.25, 0.3) is 0 Å². The number of esters is 1. The molecule has 0 radical (unpaired) electrons. The fourth-order valence-electron chi connectivity index (χ4n) is 0.603. The van der Waals surface area contributed by atoms with Crippen LogP contribution in [0.15, 0.2) is 50.8 Å². The molecule has 0 aliphatic heterocycles. The lowest BCUT2D eigenvalue weighted by Crippen LogP contribution is -2.32. The van der Waals surface area contributed by atoms with E-state index in [9.17, 15) is 19.2 Å². The van der Waals surface area contributed by atoms with Crippen molar-refractivity contribution in [3.8, 4) is 0 Å². The van der Waals surface area contributed by atoms with E-state index in [4.69, 9.17) is 30.6 Å². The molecule has 11 nitrogen and oxygen atoms in total. The van der Waals surface area contributed by atoms with E-state index in [2.05, 4.69) is 31.1 Å². The predicted molar refractivity (Wildman–Crippen MR) is 109 cm³/mol. The SMILES string of the molecule is C=CC(=O)O.C=CC(=O)O.C=CC(=O)O.C=COC(C)=O.CCC(CO)(CO)CO. The van der Waals surface area contributed by atoms with Gasteiger partial charge in [-0.15, -0.1) is 0 Å². The summed E-state index contributed by atoms with van der Waals surface area (Å²) in [6, 6.07) is 0. The molecule has 174 valence electrons. The van der Waals surface area contributed by atoms with Crippen molar-refractivity contribution in [2.24, 2.45) is 5.41 Å². The summed E-state index contributed by atoms with van der Waals surface area (Å²) in [5.41, 5.74) is -0.667. The number of carbonyl (C=O) groups excluding carboxylic acids is 1. The summed E-state index contributed by atoms with van der Waals surface area (Å²) < 4.78 is 4.17. The highest BCUT2D eigenvalue weighted by atomic mass is 16.5. The zero-order chi connectivity index (χ0) is 25.2. The van der Waals surface area contributed by atoms with E-state index in [1.807, 2.05) is 6.92 Å². The summed E-state index contributed by atoms with van der Waals surface area (Å²) in [5, 5.41) is 48.8. The molecular formula is C19H32O11. The number of ether oxygens (including phenoxy) is 1. The maximum Gasteiger partial charge on any atom is 0.327 e. The van der Waals surface area contributed by atoms with Gasteiger partial charge in [0.1, 0.15) is 0 Å². The van der Waals surface area contributed by atoms with Crippen LogP contribution in [0.3, 0.4) is 0 Å². The Kier molecular flexibility index (Phi) is 34.9. The fraction of sp³-hybridized carbons (Fsp3) is 0.368. The van der Waals surface area contributed by atoms with Gasteiger partial charge < -0.3 is 35.4 Å². The Hall–Kier alpha value is -3.28. The fourth-order valence-corrected chi connectivity index (χ4v) is 0.603. The Bertz CT molecular complexity index is 460. The lowest BCUT2D eigenvalue weighted by molar-refractivity contribution is -0.135. The number of carboxylic acid groups (broad SMARTS) is 3. The van der Waals surface area contributed by atoms with E-state index in [-0.39, 0.29) is 25.8 Å². The summed E-state index contributed by atoms with van der Waals surface area (Å²) in [5.74, 6) is -3.27. The second kappa shape index (κ2) is 27.9. The normalized spacial score (nSPS) is 8.17. The Balaban J connectivity index is -0.0000000891. The minimum absolute atomic E-state index is 0.156. The van der Waals surface area contributed by atoms with Crippen LogP contribution >= 0.6 is 0 Å². The number of carbonyl (C=O) groups is 4. The van der Waals surface area contributed by atoms with Crippen molar-refractivity contribution in [3.63, 3.8) is 0 Å². The lowest BCUT2D eigenvalue weighted by atomic mass is 9.88. The van der Waals surface area contributed by atoms with Crippen LogP contribution in [0.1, 0.15) is 20.3 Å². The number of hydrogen-bond acceptors (Lipinski definition) is 8. The van der Waals surface area contributed by atoms with Crippen molar-refractivity contribution in [1.82, 2.24) is 0 Å². The third-order valence-electron chi connectivity index (χ3n) is 2.53. The first-order valence-corrected chi connectivity index (χ1v) is 8.00. The monoisotopic (exact) mass is 436 g/mol. The minimum atomic E-state index is -0.981. The third kappa shape index (κ3) is 44.3. The van der Waals surface area contributed by atoms with Crippen molar-refractivity contribution in [2.45, 2.75) is 20.3 Å². The van der Waals surface area contributed by atoms with Gasteiger partial charge in [0.05, 0.1) is 26.1 Å². The number of aliphatic hydroxyl groups excluding tert-OH is 3. The van der Waals surface area contributed by atoms with Crippen LogP contribution in [0.2, 0.25) is 0 Å². The summed E-state index contributed by atoms with van der Waals surface area (Å²) in [4.78, 5) is 37.5. The molecule has 6 N–H and O–H groups in total. The molecule has 0 saturated carbocycles. The Labute approximate surface area is 175 Å². The van der Waals surface area contributed by atoms with Crippen molar-refractivity contribution in [1.29, 1.82) is 0 Å². The second-order valence-electron chi connectivity index (χ2n) is 4.73. The van der Waals surface area contributed by atoms with Crippen LogP contribution in [0.25, 0.3) is 0 Å². The van der Waals surface area contributed by atoms with E-state index in [1.165, 1.54) is 6.92 Å². The molecule has 0 atom stereocenters. The molecule has 0 fully saturated rings. The molecule has 0 aliphatic rings. The number of aliphatic hydroxyl groups is 3. The van der Waals surface area contributed by atoms with Crippen molar-refractivity contribution in [2.75, 3.05) is 19.8 Å². The van der Waals surface area contributed by atoms with Crippen molar-refractivity contribution >= 4 is 23.9 Å². The largest absolute Gasteiger partial charge is 0.478 e. The average molecular weight is 436 g/mol. The molecule has 0 rings (SSSR count). The van der Waals surface area contributed by atoms with Crippen LogP contribution in [0.4, 0.5) is 0 Å². The molecule has 0 aliphatic carbocycles. The number of aliphatic carboxylic acids is 3. The first-order chi connectivity index (χ1) is 13.8. The maximum absolute atomic E-state index is 9.75. The molecule has 0 heterocycles. The standard InChI is InChI=1S/C6H14O3.C4H6O2.3C3H4O2/c1-2-6(3-7,4-8)5-9;1-3-6-4(2)5;3*1-2-3(4)5/h7-9H,2-5H2,1H3;3H,1H2,2H3;3*2H,1H2,(H,4,5). The molecule has 0 spiro atoms. The molecule has 11 heteroatoms. The van der Waals surface area contributed by atoms with Gasteiger partial charge in [-0.2, -0.15) is 0 Å². The smallest absolute Gasteiger partial charge is 0.327 e. The highest BCUT2D eigenvalue weighted by molar-refractivity contribution is 5.79. The van der Waals surface area contributed by atoms with E-state index in [0.717, 1.165) is 24.5 Å². The molecular weight excluding hydrogens is 404 g/mol. The van der Waals surface area contributed by atoms with Crippen LogP contribution in [-0.2, 0) is 23.9 Å². The lowest BCUT2D eigenvalue weighted by Gasteiger charge is -2.24. The van der Waals surface area contributed by atoms with Gasteiger partial charge in [-0.05, 0) is 6.42 Å². The Morgan fingerprint density at radius 2 is 1.00 bits per heavy atom. The first kappa shape index (κ1) is 37.5. The van der Waals surface area contributed by atoms with E-state index < -0.39 is 23.3 Å². The molecule has 0 bridgehead atoms. The number of rotatable bonds is 8. The predicted octanol–water partition coefficient (Wildman–Crippen LogP) is 0.824. The van der Waals surface area contributed by atoms with Crippen LogP contribution in [0.5, 0.6) is 0 Å².